The molecule has 134 valence electrons. The molecule has 1 aliphatic heterocycles. The molecule has 0 spiro atoms. The highest BCUT2D eigenvalue weighted by molar-refractivity contribution is 5.15. The van der Waals surface area contributed by atoms with Gasteiger partial charge in [-0.15, -0.1) is 0 Å². The van der Waals surface area contributed by atoms with Crippen LogP contribution in [-0.2, 0) is 6.42 Å². The lowest BCUT2D eigenvalue weighted by Gasteiger charge is -2.48. The van der Waals surface area contributed by atoms with E-state index < -0.39 is 0 Å². The largest absolute Gasteiger partial charge is 0.330 e. The van der Waals surface area contributed by atoms with Gasteiger partial charge in [-0.1, -0.05) is 37.3 Å². The summed E-state index contributed by atoms with van der Waals surface area (Å²) in [5.74, 6) is 1.71. The van der Waals surface area contributed by atoms with E-state index in [2.05, 4.69) is 42.2 Å². The van der Waals surface area contributed by atoms with E-state index in [1.54, 1.807) is 0 Å². The molecule has 1 atom stereocenters. The highest BCUT2D eigenvalue weighted by atomic mass is 15.2. The SMILES string of the molecule is CC(CCN)C1CCC(CCc2ccccc2)(N2CCCC2)CC1. The lowest BCUT2D eigenvalue weighted by molar-refractivity contribution is 0.0373. The van der Waals surface area contributed by atoms with Gasteiger partial charge in [0, 0.05) is 5.54 Å². The van der Waals surface area contributed by atoms with Crippen LogP contribution in [0.25, 0.3) is 0 Å². The normalized spacial score (nSPS) is 29.7. The van der Waals surface area contributed by atoms with Crippen LogP contribution >= 0.6 is 0 Å². The number of hydrogen-bond acceptors (Lipinski definition) is 2. The van der Waals surface area contributed by atoms with Crippen LogP contribution in [0.15, 0.2) is 30.3 Å². The smallest absolute Gasteiger partial charge is 0.0213 e. The molecule has 2 fully saturated rings. The molecule has 1 saturated heterocycles. The predicted molar refractivity (Wildman–Crippen MR) is 103 cm³/mol. The molecule has 2 nitrogen and oxygen atoms in total. The number of rotatable bonds is 7. The van der Waals surface area contributed by atoms with Gasteiger partial charge in [0.2, 0.25) is 0 Å². The second-order valence-corrected chi connectivity index (χ2v) is 8.30. The maximum atomic E-state index is 5.79. The van der Waals surface area contributed by atoms with Crippen LogP contribution in [0.1, 0.15) is 63.9 Å². The molecular weight excluding hydrogens is 292 g/mol. The zero-order valence-electron chi connectivity index (χ0n) is 15.6. The summed E-state index contributed by atoms with van der Waals surface area (Å²) in [4.78, 5) is 2.86. The number of aryl methyl sites for hydroxylation is 1. The Morgan fingerprint density at radius 3 is 2.42 bits per heavy atom. The van der Waals surface area contributed by atoms with Crippen LogP contribution in [0.5, 0.6) is 0 Å². The first-order valence-corrected chi connectivity index (χ1v) is 10.2. The Labute approximate surface area is 148 Å². The van der Waals surface area contributed by atoms with Crippen molar-refractivity contribution in [2.24, 2.45) is 17.6 Å². The van der Waals surface area contributed by atoms with Crippen molar-refractivity contribution in [3.05, 3.63) is 35.9 Å². The molecule has 2 heteroatoms. The van der Waals surface area contributed by atoms with Gasteiger partial charge in [0.05, 0.1) is 0 Å². The fourth-order valence-electron chi connectivity index (χ4n) is 5.18. The Kier molecular flexibility index (Phi) is 6.35. The van der Waals surface area contributed by atoms with E-state index in [9.17, 15) is 0 Å². The molecule has 2 aliphatic rings. The molecule has 0 radical (unpaired) electrons. The zero-order chi connectivity index (χ0) is 16.8. The van der Waals surface area contributed by atoms with E-state index in [4.69, 9.17) is 5.73 Å². The number of benzene rings is 1. The van der Waals surface area contributed by atoms with E-state index >= 15 is 0 Å². The first-order chi connectivity index (χ1) is 11.7. The van der Waals surface area contributed by atoms with Crippen molar-refractivity contribution < 1.29 is 0 Å². The Morgan fingerprint density at radius 1 is 1.12 bits per heavy atom. The molecule has 1 aromatic rings. The second kappa shape index (κ2) is 8.49. The number of hydrogen-bond donors (Lipinski definition) is 1. The van der Waals surface area contributed by atoms with Crippen LogP contribution in [0.2, 0.25) is 0 Å². The van der Waals surface area contributed by atoms with Gasteiger partial charge in [-0.05, 0) is 94.8 Å². The summed E-state index contributed by atoms with van der Waals surface area (Å²) in [6.07, 6.45) is 12.2. The number of likely N-dealkylation sites (tertiary alicyclic amines) is 1. The van der Waals surface area contributed by atoms with Gasteiger partial charge in [0.1, 0.15) is 0 Å². The van der Waals surface area contributed by atoms with Crippen molar-refractivity contribution in [2.45, 2.75) is 70.3 Å². The highest BCUT2D eigenvalue weighted by Crippen LogP contribution is 2.43. The zero-order valence-corrected chi connectivity index (χ0v) is 15.6. The first-order valence-electron chi connectivity index (χ1n) is 10.2. The van der Waals surface area contributed by atoms with Crippen LogP contribution in [0.4, 0.5) is 0 Å². The fraction of sp³-hybridized carbons (Fsp3) is 0.727. The Morgan fingerprint density at radius 2 is 1.79 bits per heavy atom. The van der Waals surface area contributed by atoms with Gasteiger partial charge in [-0.2, -0.15) is 0 Å². The third kappa shape index (κ3) is 4.21. The van der Waals surface area contributed by atoms with Crippen LogP contribution in [0.3, 0.4) is 0 Å². The third-order valence-corrected chi connectivity index (χ3v) is 6.89. The van der Waals surface area contributed by atoms with E-state index in [-0.39, 0.29) is 0 Å². The molecule has 0 bridgehead atoms. The molecule has 1 heterocycles. The Balaban J connectivity index is 1.64. The third-order valence-electron chi connectivity index (χ3n) is 6.89. The lowest BCUT2D eigenvalue weighted by Crippen LogP contribution is -2.50. The van der Waals surface area contributed by atoms with E-state index in [1.807, 2.05) is 0 Å². The average molecular weight is 329 g/mol. The molecule has 1 aliphatic carbocycles. The summed E-state index contributed by atoms with van der Waals surface area (Å²) in [5, 5.41) is 0. The summed E-state index contributed by atoms with van der Waals surface area (Å²) in [5.41, 5.74) is 7.78. The second-order valence-electron chi connectivity index (χ2n) is 8.30. The molecule has 24 heavy (non-hydrogen) atoms. The minimum Gasteiger partial charge on any atom is -0.330 e. The minimum absolute atomic E-state index is 0.477. The van der Waals surface area contributed by atoms with Crippen LogP contribution in [-0.4, -0.2) is 30.1 Å². The van der Waals surface area contributed by atoms with Crippen LogP contribution < -0.4 is 5.73 Å². The standard InChI is InChI=1S/C22H36N2/c1-19(12-16-23)21-10-14-22(15-11-21,24-17-5-6-18-24)13-9-20-7-3-2-4-8-20/h2-4,7-8,19,21H,5-6,9-18,23H2,1H3. The molecular formula is C22H36N2. The highest BCUT2D eigenvalue weighted by Gasteiger charge is 2.41. The Hall–Kier alpha value is -0.860. The molecule has 3 rings (SSSR count). The maximum absolute atomic E-state index is 5.79. The van der Waals surface area contributed by atoms with Crippen LogP contribution in [0, 0.1) is 11.8 Å². The molecule has 1 aromatic carbocycles. The summed E-state index contributed by atoms with van der Waals surface area (Å²) in [6, 6.07) is 11.1. The Bertz CT molecular complexity index is 470. The van der Waals surface area contributed by atoms with Crippen molar-refractivity contribution in [3.8, 4) is 0 Å². The topological polar surface area (TPSA) is 29.3 Å². The molecule has 2 N–H and O–H groups in total. The van der Waals surface area contributed by atoms with Gasteiger partial charge >= 0.3 is 0 Å². The van der Waals surface area contributed by atoms with Gasteiger partial charge in [-0.3, -0.25) is 4.90 Å². The minimum atomic E-state index is 0.477. The van der Waals surface area contributed by atoms with Crippen molar-refractivity contribution in [1.82, 2.24) is 4.90 Å². The fourth-order valence-corrected chi connectivity index (χ4v) is 5.18. The van der Waals surface area contributed by atoms with Crippen molar-refractivity contribution in [1.29, 1.82) is 0 Å². The summed E-state index contributed by atoms with van der Waals surface area (Å²) in [7, 11) is 0. The summed E-state index contributed by atoms with van der Waals surface area (Å²) in [6.45, 7) is 5.93. The van der Waals surface area contributed by atoms with Gasteiger partial charge < -0.3 is 5.73 Å². The first kappa shape index (κ1) is 17.9. The van der Waals surface area contributed by atoms with Crippen molar-refractivity contribution in [3.63, 3.8) is 0 Å². The predicted octanol–water partition coefficient (Wildman–Crippen LogP) is 4.63. The van der Waals surface area contributed by atoms with E-state index in [0.29, 0.717) is 5.54 Å². The molecule has 1 unspecified atom stereocenters. The van der Waals surface area contributed by atoms with Gasteiger partial charge in [-0.25, -0.2) is 0 Å². The molecule has 0 amide bonds. The van der Waals surface area contributed by atoms with Gasteiger partial charge in [0.25, 0.3) is 0 Å². The molecule has 0 aromatic heterocycles. The number of nitrogens with two attached hydrogens (primary N) is 1. The maximum Gasteiger partial charge on any atom is 0.0213 e. The van der Waals surface area contributed by atoms with Crippen molar-refractivity contribution in [2.75, 3.05) is 19.6 Å². The monoisotopic (exact) mass is 328 g/mol. The van der Waals surface area contributed by atoms with Gasteiger partial charge in [0.15, 0.2) is 0 Å². The molecule has 1 saturated carbocycles. The quantitative estimate of drug-likeness (QED) is 0.791. The van der Waals surface area contributed by atoms with E-state index in [0.717, 1.165) is 18.4 Å². The lowest BCUT2D eigenvalue weighted by atomic mass is 9.69. The summed E-state index contributed by atoms with van der Waals surface area (Å²) >= 11 is 0. The van der Waals surface area contributed by atoms with Crippen molar-refractivity contribution >= 4 is 0 Å². The average Bonchev–Trinajstić information content (AvgIpc) is 3.17. The van der Waals surface area contributed by atoms with E-state index in [1.165, 1.54) is 76.4 Å². The number of nitrogens with zero attached hydrogens (tertiary/aromatic N) is 1. The summed E-state index contributed by atoms with van der Waals surface area (Å²) < 4.78 is 0.